The van der Waals surface area contributed by atoms with Crippen molar-refractivity contribution in [3.63, 3.8) is 0 Å². The molecule has 6 rings (SSSR count). The molecule has 5 nitrogen and oxygen atoms in total. The highest BCUT2D eigenvalue weighted by atomic mass is 16.5. The minimum atomic E-state index is 0.121. The lowest BCUT2D eigenvalue weighted by atomic mass is 9.89. The molecule has 4 aliphatic rings. The number of anilines is 2. The third kappa shape index (κ3) is 2.83. The first kappa shape index (κ1) is 17.3. The van der Waals surface area contributed by atoms with Crippen LogP contribution < -0.4 is 15.0 Å². The Bertz CT molecular complexity index is 973. The summed E-state index contributed by atoms with van der Waals surface area (Å²) >= 11 is 0. The first-order valence-corrected chi connectivity index (χ1v) is 10.9. The maximum Gasteiger partial charge on any atom is 0.243 e. The highest BCUT2D eigenvalue weighted by Crippen LogP contribution is 2.49. The quantitative estimate of drug-likeness (QED) is 0.872. The average Bonchev–Trinajstić information content (AvgIpc) is 3.33. The Hall–Kier alpha value is -2.53. The van der Waals surface area contributed by atoms with E-state index >= 15 is 0 Å². The number of likely N-dealkylation sites (tertiary alicyclic amines) is 1. The number of carbonyl (C=O) groups excluding carboxylic acids is 1. The predicted octanol–water partition coefficient (Wildman–Crippen LogP) is 3.18. The predicted molar refractivity (Wildman–Crippen MR) is 114 cm³/mol. The molecule has 1 N–H and O–H groups in total. The Morgan fingerprint density at radius 2 is 2.10 bits per heavy atom. The molecule has 1 saturated heterocycles. The minimum absolute atomic E-state index is 0.121. The standard InChI is InChI=1S/C24H27N3O2/c28-22-15-27-21-9-12-26(14-19(21)18-7-2-8-20(25-22)23(18)27)11-3-6-16-4-1-5-17-10-13-29-24(16)17/h1-2,4-5,7-8,19,21H,3,6,9-15H2,(H,25,28). The highest BCUT2D eigenvalue weighted by Gasteiger charge is 2.45. The van der Waals surface area contributed by atoms with Crippen LogP contribution in [0.25, 0.3) is 0 Å². The molecule has 0 aromatic heterocycles. The van der Waals surface area contributed by atoms with Gasteiger partial charge in [0.1, 0.15) is 5.75 Å². The Labute approximate surface area is 171 Å². The maximum atomic E-state index is 12.1. The molecule has 0 aliphatic carbocycles. The van der Waals surface area contributed by atoms with Crippen LogP contribution in [0.2, 0.25) is 0 Å². The normalized spacial score (nSPS) is 24.6. The SMILES string of the molecule is O=C1CN2c3c(cccc3C3CN(CCCc4cccc5c4OCC5)CCC32)N1. The first-order chi connectivity index (χ1) is 14.3. The molecule has 1 fully saturated rings. The van der Waals surface area contributed by atoms with Gasteiger partial charge >= 0.3 is 0 Å². The van der Waals surface area contributed by atoms with Gasteiger partial charge in [-0.05, 0) is 48.6 Å². The lowest BCUT2D eigenvalue weighted by molar-refractivity contribution is -0.115. The number of piperidine rings is 1. The van der Waals surface area contributed by atoms with Crippen LogP contribution in [-0.2, 0) is 17.6 Å². The molecule has 150 valence electrons. The molecular formula is C24H27N3O2. The van der Waals surface area contributed by atoms with E-state index in [-0.39, 0.29) is 5.91 Å². The molecule has 4 heterocycles. The summed E-state index contributed by atoms with van der Waals surface area (Å²) in [5.41, 5.74) is 6.44. The number of para-hydroxylation sites is 2. The third-order valence-corrected chi connectivity index (χ3v) is 7.12. The monoisotopic (exact) mass is 389 g/mol. The first-order valence-electron chi connectivity index (χ1n) is 10.9. The van der Waals surface area contributed by atoms with Crippen molar-refractivity contribution in [2.75, 3.05) is 43.0 Å². The van der Waals surface area contributed by atoms with Crippen LogP contribution in [0.15, 0.2) is 36.4 Å². The van der Waals surface area contributed by atoms with Crippen molar-refractivity contribution in [2.45, 2.75) is 37.6 Å². The fourth-order valence-corrected chi connectivity index (χ4v) is 5.85. The summed E-state index contributed by atoms with van der Waals surface area (Å²) in [4.78, 5) is 17.1. The van der Waals surface area contributed by atoms with Gasteiger partial charge in [0.15, 0.2) is 0 Å². The van der Waals surface area contributed by atoms with E-state index in [0.717, 1.165) is 63.4 Å². The van der Waals surface area contributed by atoms with E-state index in [0.29, 0.717) is 18.5 Å². The molecule has 4 aliphatic heterocycles. The molecule has 0 bridgehead atoms. The fourth-order valence-electron chi connectivity index (χ4n) is 5.85. The van der Waals surface area contributed by atoms with E-state index in [1.165, 1.54) is 22.4 Å². The second kappa shape index (κ2) is 6.77. The van der Waals surface area contributed by atoms with Gasteiger partial charge in [-0.1, -0.05) is 30.3 Å². The van der Waals surface area contributed by atoms with Gasteiger partial charge in [-0.15, -0.1) is 0 Å². The van der Waals surface area contributed by atoms with E-state index in [1.54, 1.807) is 0 Å². The van der Waals surface area contributed by atoms with E-state index in [9.17, 15) is 4.79 Å². The van der Waals surface area contributed by atoms with E-state index in [2.05, 4.69) is 45.4 Å². The molecule has 1 amide bonds. The molecule has 2 unspecified atom stereocenters. The fraction of sp³-hybridized carbons (Fsp3) is 0.458. The topological polar surface area (TPSA) is 44.8 Å². The van der Waals surface area contributed by atoms with Crippen LogP contribution in [0.5, 0.6) is 5.75 Å². The Balaban J connectivity index is 1.14. The van der Waals surface area contributed by atoms with E-state index < -0.39 is 0 Å². The summed E-state index contributed by atoms with van der Waals surface area (Å²) < 4.78 is 5.87. The summed E-state index contributed by atoms with van der Waals surface area (Å²) in [6.07, 6.45) is 4.43. The smallest absolute Gasteiger partial charge is 0.243 e. The number of aryl methyl sites for hydroxylation is 1. The van der Waals surface area contributed by atoms with Crippen molar-refractivity contribution in [3.05, 3.63) is 53.1 Å². The van der Waals surface area contributed by atoms with Crippen LogP contribution in [0.1, 0.15) is 35.4 Å². The van der Waals surface area contributed by atoms with Gasteiger partial charge in [0, 0.05) is 31.5 Å². The second-order valence-corrected chi connectivity index (χ2v) is 8.79. The van der Waals surface area contributed by atoms with Gasteiger partial charge in [-0.2, -0.15) is 0 Å². The maximum absolute atomic E-state index is 12.1. The number of nitrogens with one attached hydrogen (secondary N) is 1. The molecule has 29 heavy (non-hydrogen) atoms. The lowest BCUT2D eigenvalue weighted by Gasteiger charge is -2.39. The van der Waals surface area contributed by atoms with Gasteiger partial charge in [0.2, 0.25) is 5.91 Å². The Kier molecular flexibility index (Phi) is 4.05. The summed E-state index contributed by atoms with van der Waals surface area (Å²) in [7, 11) is 0. The summed E-state index contributed by atoms with van der Waals surface area (Å²) in [6, 6.07) is 13.5. The molecule has 0 saturated carbocycles. The third-order valence-electron chi connectivity index (χ3n) is 7.12. The Morgan fingerprint density at radius 3 is 3.07 bits per heavy atom. The number of fused-ring (bicyclic) bond motifs is 4. The number of amides is 1. The molecule has 0 spiro atoms. The number of benzene rings is 2. The highest BCUT2D eigenvalue weighted by molar-refractivity contribution is 6.03. The zero-order valence-electron chi connectivity index (χ0n) is 16.7. The zero-order chi connectivity index (χ0) is 19.4. The van der Waals surface area contributed by atoms with Crippen molar-refractivity contribution >= 4 is 17.3 Å². The average molecular weight is 389 g/mol. The number of carbonyl (C=O) groups is 1. The van der Waals surface area contributed by atoms with Crippen molar-refractivity contribution in [1.82, 2.24) is 4.90 Å². The van der Waals surface area contributed by atoms with Gasteiger partial charge in [0.05, 0.1) is 24.5 Å². The van der Waals surface area contributed by atoms with Crippen LogP contribution in [-0.4, -0.2) is 49.6 Å². The molecule has 5 heteroatoms. The summed E-state index contributed by atoms with van der Waals surface area (Å²) in [6.45, 7) is 4.67. The van der Waals surface area contributed by atoms with Crippen molar-refractivity contribution < 1.29 is 9.53 Å². The molecule has 2 aromatic carbocycles. The summed E-state index contributed by atoms with van der Waals surface area (Å²) in [5, 5.41) is 3.06. The van der Waals surface area contributed by atoms with Gasteiger partial charge in [0.25, 0.3) is 0 Å². The number of hydrogen-bond acceptors (Lipinski definition) is 4. The van der Waals surface area contributed by atoms with Crippen LogP contribution in [0.3, 0.4) is 0 Å². The van der Waals surface area contributed by atoms with Crippen LogP contribution in [0.4, 0.5) is 11.4 Å². The second-order valence-electron chi connectivity index (χ2n) is 8.79. The molecule has 2 atom stereocenters. The number of rotatable bonds is 4. The van der Waals surface area contributed by atoms with Crippen molar-refractivity contribution in [1.29, 1.82) is 0 Å². The van der Waals surface area contributed by atoms with Crippen LogP contribution >= 0.6 is 0 Å². The Morgan fingerprint density at radius 1 is 1.17 bits per heavy atom. The van der Waals surface area contributed by atoms with Crippen molar-refractivity contribution in [2.24, 2.45) is 0 Å². The van der Waals surface area contributed by atoms with Gasteiger partial charge < -0.3 is 19.9 Å². The van der Waals surface area contributed by atoms with Crippen LogP contribution in [0, 0.1) is 0 Å². The van der Waals surface area contributed by atoms with E-state index in [1.807, 2.05) is 6.07 Å². The molecular weight excluding hydrogens is 362 g/mol. The minimum Gasteiger partial charge on any atom is -0.493 e. The summed E-state index contributed by atoms with van der Waals surface area (Å²) in [5.74, 6) is 1.78. The number of hydrogen-bond donors (Lipinski definition) is 1. The van der Waals surface area contributed by atoms with Crippen molar-refractivity contribution in [3.8, 4) is 5.75 Å². The van der Waals surface area contributed by atoms with E-state index in [4.69, 9.17) is 4.74 Å². The molecule has 0 radical (unpaired) electrons. The molecule has 2 aromatic rings. The largest absolute Gasteiger partial charge is 0.493 e. The zero-order valence-corrected chi connectivity index (χ0v) is 16.7. The number of nitrogens with zero attached hydrogens (tertiary/aromatic N) is 2. The number of ether oxygens (including phenoxy) is 1. The lowest BCUT2D eigenvalue weighted by Crippen LogP contribution is -2.49. The van der Waals surface area contributed by atoms with Gasteiger partial charge in [-0.3, -0.25) is 4.79 Å². The van der Waals surface area contributed by atoms with Gasteiger partial charge in [-0.25, -0.2) is 0 Å².